The van der Waals surface area contributed by atoms with Gasteiger partial charge in [-0.3, -0.25) is 0 Å². The third kappa shape index (κ3) is 3.22. The normalized spacial score (nSPS) is 13.7. The van der Waals surface area contributed by atoms with E-state index in [1.807, 2.05) is 6.07 Å². The van der Waals surface area contributed by atoms with Gasteiger partial charge in [-0.25, -0.2) is 0 Å². The standard InChI is InChI=1S/C15H25NO/c1-5-7-13(16)12-10-11(8-9-14(12)17)15(3,4)6-2/h8-10,13,17H,5-7,16H2,1-4H3. The van der Waals surface area contributed by atoms with Gasteiger partial charge >= 0.3 is 0 Å². The molecular weight excluding hydrogens is 210 g/mol. The predicted octanol–water partition coefficient (Wildman–Crippen LogP) is 3.88. The van der Waals surface area contributed by atoms with E-state index in [4.69, 9.17) is 5.73 Å². The molecule has 2 nitrogen and oxygen atoms in total. The first-order chi connectivity index (χ1) is 7.92. The highest BCUT2D eigenvalue weighted by atomic mass is 16.3. The van der Waals surface area contributed by atoms with Crippen LogP contribution in [0.5, 0.6) is 5.75 Å². The number of rotatable bonds is 5. The molecule has 0 saturated heterocycles. The van der Waals surface area contributed by atoms with Crippen LogP contribution >= 0.6 is 0 Å². The first-order valence-electron chi connectivity index (χ1n) is 6.51. The second-order valence-corrected chi connectivity index (χ2v) is 5.41. The van der Waals surface area contributed by atoms with Gasteiger partial charge in [0, 0.05) is 11.6 Å². The maximum atomic E-state index is 9.89. The number of phenols is 1. The fourth-order valence-corrected chi connectivity index (χ4v) is 1.94. The van der Waals surface area contributed by atoms with E-state index in [1.54, 1.807) is 6.07 Å². The second kappa shape index (κ2) is 5.54. The fourth-order valence-electron chi connectivity index (χ4n) is 1.94. The zero-order valence-corrected chi connectivity index (χ0v) is 11.5. The summed E-state index contributed by atoms with van der Waals surface area (Å²) in [6, 6.07) is 5.78. The largest absolute Gasteiger partial charge is 0.508 e. The van der Waals surface area contributed by atoms with Crippen molar-refractivity contribution < 1.29 is 5.11 Å². The van der Waals surface area contributed by atoms with Crippen LogP contribution in [0.25, 0.3) is 0 Å². The molecule has 0 radical (unpaired) electrons. The molecule has 0 aliphatic rings. The van der Waals surface area contributed by atoms with Gasteiger partial charge in [-0.15, -0.1) is 0 Å². The van der Waals surface area contributed by atoms with E-state index >= 15 is 0 Å². The Morgan fingerprint density at radius 2 is 1.94 bits per heavy atom. The van der Waals surface area contributed by atoms with Crippen molar-refractivity contribution >= 4 is 0 Å². The molecule has 0 fully saturated rings. The number of hydrogen-bond donors (Lipinski definition) is 2. The van der Waals surface area contributed by atoms with Crippen LogP contribution in [0.15, 0.2) is 18.2 Å². The Bertz CT molecular complexity index is 371. The number of benzene rings is 1. The number of nitrogens with two attached hydrogens (primary N) is 1. The Kier molecular flexibility index (Phi) is 4.58. The van der Waals surface area contributed by atoms with Gasteiger partial charge in [-0.2, -0.15) is 0 Å². The molecule has 1 aromatic carbocycles. The van der Waals surface area contributed by atoms with Gasteiger partial charge in [-0.05, 0) is 29.9 Å². The topological polar surface area (TPSA) is 46.2 Å². The zero-order chi connectivity index (χ0) is 13.1. The summed E-state index contributed by atoms with van der Waals surface area (Å²) in [7, 11) is 0. The molecule has 0 heterocycles. The summed E-state index contributed by atoms with van der Waals surface area (Å²) in [6.45, 7) is 8.72. The highest BCUT2D eigenvalue weighted by molar-refractivity contribution is 5.40. The lowest BCUT2D eigenvalue weighted by atomic mass is 9.81. The lowest BCUT2D eigenvalue weighted by molar-refractivity contribution is 0.453. The molecule has 0 aromatic heterocycles. The summed E-state index contributed by atoms with van der Waals surface area (Å²) in [5, 5.41) is 9.89. The Morgan fingerprint density at radius 1 is 1.29 bits per heavy atom. The maximum Gasteiger partial charge on any atom is 0.120 e. The van der Waals surface area contributed by atoms with Crippen molar-refractivity contribution in [3.05, 3.63) is 29.3 Å². The van der Waals surface area contributed by atoms with Crippen molar-refractivity contribution in [1.82, 2.24) is 0 Å². The van der Waals surface area contributed by atoms with Gasteiger partial charge in [0.05, 0.1) is 0 Å². The van der Waals surface area contributed by atoms with Crippen LogP contribution in [0.4, 0.5) is 0 Å². The molecule has 1 aromatic rings. The molecule has 3 N–H and O–H groups in total. The fraction of sp³-hybridized carbons (Fsp3) is 0.600. The van der Waals surface area contributed by atoms with Gasteiger partial charge < -0.3 is 10.8 Å². The molecule has 96 valence electrons. The van der Waals surface area contributed by atoms with Crippen LogP contribution in [0.1, 0.15) is 64.1 Å². The Balaban J connectivity index is 3.10. The van der Waals surface area contributed by atoms with Crippen LogP contribution in [0, 0.1) is 0 Å². The van der Waals surface area contributed by atoms with Gasteiger partial charge in [0.1, 0.15) is 5.75 Å². The van der Waals surface area contributed by atoms with Gasteiger partial charge in [-0.1, -0.05) is 46.2 Å². The van der Waals surface area contributed by atoms with E-state index in [-0.39, 0.29) is 11.5 Å². The first-order valence-corrected chi connectivity index (χ1v) is 6.51. The molecule has 1 atom stereocenters. The number of hydrogen-bond acceptors (Lipinski definition) is 2. The molecule has 17 heavy (non-hydrogen) atoms. The smallest absolute Gasteiger partial charge is 0.120 e. The number of phenolic OH excluding ortho intramolecular Hbond substituents is 1. The molecule has 0 amide bonds. The highest BCUT2D eigenvalue weighted by Crippen LogP contribution is 2.33. The lowest BCUT2D eigenvalue weighted by Crippen LogP contribution is -2.17. The minimum atomic E-state index is -0.0624. The van der Waals surface area contributed by atoms with Gasteiger partial charge in [0.2, 0.25) is 0 Å². The third-order valence-electron chi connectivity index (χ3n) is 3.69. The van der Waals surface area contributed by atoms with Crippen LogP contribution in [0.3, 0.4) is 0 Å². The lowest BCUT2D eigenvalue weighted by Gasteiger charge is -2.25. The first kappa shape index (κ1) is 14.0. The Morgan fingerprint density at radius 3 is 2.47 bits per heavy atom. The summed E-state index contributed by atoms with van der Waals surface area (Å²) in [5.41, 5.74) is 8.36. The molecule has 0 saturated carbocycles. The highest BCUT2D eigenvalue weighted by Gasteiger charge is 2.20. The molecule has 0 aliphatic carbocycles. The monoisotopic (exact) mass is 235 g/mol. The van der Waals surface area contributed by atoms with Gasteiger partial charge in [0.15, 0.2) is 0 Å². The SMILES string of the molecule is CCCC(N)c1cc(C(C)(C)CC)ccc1O. The molecule has 0 bridgehead atoms. The molecule has 0 aliphatic heterocycles. The predicted molar refractivity (Wildman–Crippen MR) is 73.3 cm³/mol. The Labute approximate surface area is 105 Å². The van der Waals surface area contributed by atoms with Crippen molar-refractivity contribution in [3.8, 4) is 5.75 Å². The van der Waals surface area contributed by atoms with Gasteiger partial charge in [0.25, 0.3) is 0 Å². The molecule has 0 spiro atoms. The van der Waals surface area contributed by atoms with Crippen molar-refractivity contribution in [1.29, 1.82) is 0 Å². The quantitative estimate of drug-likeness (QED) is 0.813. The minimum absolute atomic E-state index is 0.0624. The van der Waals surface area contributed by atoms with E-state index in [2.05, 4.69) is 33.8 Å². The molecular formula is C15H25NO. The van der Waals surface area contributed by atoms with Crippen molar-refractivity contribution in [2.24, 2.45) is 5.73 Å². The van der Waals surface area contributed by atoms with Crippen molar-refractivity contribution in [2.75, 3.05) is 0 Å². The average molecular weight is 235 g/mol. The number of aromatic hydroxyl groups is 1. The maximum absolute atomic E-state index is 9.89. The van der Waals surface area contributed by atoms with Crippen LogP contribution in [-0.2, 0) is 5.41 Å². The Hall–Kier alpha value is -1.02. The second-order valence-electron chi connectivity index (χ2n) is 5.41. The zero-order valence-electron chi connectivity index (χ0n) is 11.5. The summed E-state index contributed by atoms with van der Waals surface area (Å²) in [5.74, 6) is 0.321. The van der Waals surface area contributed by atoms with E-state index in [1.165, 1.54) is 5.56 Å². The third-order valence-corrected chi connectivity index (χ3v) is 3.69. The van der Waals surface area contributed by atoms with Crippen molar-refractivity contribution in [2.45, 2.75) is 58.4 Å². The van der Waals surface area contributed by atoms with E-state index in [0.29, 0.717) is 5.75 Å². The van der Waals surface area contributed by atoms with Crippen LogP contribution in [0.2, 0.25) is 0 Å². The van der Waals surface area contributed by atoms with E-state index < -0.39 is 0 Å². The average Bonchev–Trinajstić information content (AvgIpc) is 2.29. The molecule has 1 unspecified atom stereocenters. The minimum Gasteiger partial charge on any atom is -0.508 e. The van der Waals surface area contributed by atoms with Crippen molar-refractivity contribution in [3.63, 3.8) is 0 Å². The summed E-state index contributed by atoms with van der Waals surface area (Å²) in [4.78, 5) is 0. The van der Waals surface area contributed by atoms with Crippen LogP contribution in [-0.4, -0.2) is 5.11 Å². The summed E-state index contributed by atoms with van der Waals surface area (Å²) >= 11 is 0. The summed E-state index contributed by atoms with van der Waals surface area (Å²) < 4.78 is 0. The molecule has 1 rings (SSSR count). The van der Waals surface area contributed by atoms with Crippen LogP contribution < -0.4 is 5.73 Å². The van der Waals surface area contributed by atoms with E-state index in [0.717, 1.165) is 24.8 Å². The summed E-state index contributed by atoms with van der Waals surface area (Å²) in [6.07, 6.45) is 3.01. The molecule has 2 heteroatoms. The van der Waals surface area contributed by atoms with E-state index in [9.17, 15) is 5.11 Å².